The molecule has 0 atom stereocenters. The molecule has 2 rings (SSSR count). The number of pyridine rings is 1. The van der Waals surface area contributed by atoms with Gasteiger partial charge in [-0.1, -0.05) is 20.3 Å². The molecule has 2 heterocycles. The first kappa shape index (κ1) is 14.8. The van der Waals surface area contributed by atoms with Crippen LogP contribution in [0.25, 0.3) is 0 Å². The van der Waals surface area contributed by atoms with E-state index >= 15 is 0 Å². The molecular formula is C13H20N2O2S2. The minimum absolute atomic E-state index is 0.308. The zero-order valence-electron chi connectivity index (χ0n) is 11.4. The number of aromatic nitrogens is 1. The smallest absolute Gasteiger partial charge is 0.244 e. The Morgan fingerprint density at radius 1 is 1.21 bits per heavy atom. The lowest BCUT2D eigenvalue weighted by molar-refractivity contribution is 0.346. The Kier molecular flexibility index (Phi) is 4.86. The summed E-state index contributed by atoms with van der Waals surface area (Å²) in [7, 11) is -3.35. The fourth-order valence-electron chi connectivity index (χ4n) is 2.08. The van der Waals surface area contributed by atoms with E-state index in [1.807, 2.05) is 0 Å². The van der Waals surface area contributed by atoms with Crippen LogP contribution in [0.15, 0.2) is 28.3 Å². The van der Waals surface area contributed by atoms with E-state index in [1.54, 1.807) is 28.2 Å². The number of nitrogens with zero attached hydrogens (tertiary/aromatic N) is 2. The number of thioether (sulfide) groups is 1. The highest BCUT2D eigenvalue weighted by molar-refractivity contribution is 7.99. The minimum Gasteiger partial charge on any atom is -0.249 e. The zero-order chi connectivity index (χ0) is 13.9. The second kappa shape index (κ2) is 6.24. The quantitative estimate of drug-likeness (QED) is 0.802. The van der Waals surface area contributed by atoms with Gasteiger partial charge in [0.2, 0.25) is 10.0 Å². The van der Waals surface area contributed by atoms with E-state index in [2.05, 4.69) is 18.8 Å². The number of hydrogen-bond donors (Lipinski definition) is 0. The van der Waals surface area contributed by atoms with Gasteiger partial charge in [0, 0.05) is 24.5 Å². The van der Waals surface area contributed by atoms with Gasteiger partial charge < -0.3 is 0 Å². The Labute approximate surface area is 119 Å². The lowest BCUT2D eigenvalue weighted by Gasteiger charge is -2.25. The van der Waals surface area contributed by atoms with Crippen LogP contribution in [0.5, 0.6) is 0 Å². The molecule has 0 saturated carbocycles. The Bertz CT molecular complexity index is 506. The van der Waals surface area contributed by atoms with E-state index in [9.17, 15) is 8.42 Å². The average molecular weight is 300 g/mol. The maximum atomic E-state index is 12.4. The third kappa shape index (κ3) is 3.70. The molecule has 0 N–H and O–H groups in total. The molecule has 1 aliphatic rings. The average Bonchev–Trinajstić information content (AvgIpc) is 2.40. The third-order valence-corrected chi connectivity index (χ3v) is 5.86. The van der Waals surface area contributed by atoms with Gasteiger partial charge in [-0.05, 0) is 25.0 Å². The van der Waals surface area contributed by atoms with E-state index in [0.717, 1.165) is 24.3 Å². The van der Waals surface area contributed by atoms with Gasteiger partial charge in [-0.25, -0.2) is 13.4 Å². The lowest BCUT2D eigenvalue weighted by atomic mass is 10.2. The standard InChI is InChI=1S/C13H20N2O2S2/c1-11(2)18-13-7-6-12(10-14-13)19(16,17)15-8-4-3-5-9-15/h6-7,10-11H,3-5,8-9H2,1-2H3. The van der Waals surface area contributed by atoms with Crippen molar-refractivity contribution in [1.29, 1.82) is 0 Å². The maximum absolute atomic E-state index is 12.4. The van der Waals surface area contributed by atoms with Crippen LogP contribution < -0.4 is 0 Å². The molecule has 0 aliphatic carbocycles. The zero-order valence-corrected chi connectivity index (χ0v) is 13.0. The van der Waals surface area contributed by atoms with Gasteiger partial charge in [0.25, 0.3) is 0 Å². The summed E-state index contributed by atoms with van der Waals surface area (Å²) >= 11 is 1.63. The molecule has 6 heteroatoms. The van der Waals surface area contributed by atoms with Crippen LogP contribution in [0, 0.1) is 0 Å². The molecule has 0 radical (unpaired) electrons. The van der Waals surface area contributed by atoms with E-state index in [-0.39, 0.29) is 0 Å². The summed E-state index contributed by atoms with van der Waals surface area (Å²) in [6, 6.07) is 3.46. The summed E-state index contributed by atoms with van der Waals surface area (Å²) in [5.41, 5.74) is 0. The molecule has 1 saturated heterocycles. The van der Waals surface area contributed by atoms with Crippen LogP contribution in [0.2, 0.25) is 0 Å². The van der Waals surface area contributed by atoms with Gasteiger partial charge in [-0.15, -0.1) is 11.8 Å². The van der Waals surface area contributed by atoms with Crippen LogP contribution in [-0.2, 0) is 10.0 Å². The summed E-state index contributed by atoms with van der Waals surface area (Å²) in [6.45, 7) is 5.44. The van der Waals surface area contributed by atoms with Gasteiger partial charge in [0.05, 0.1) is 5.03 Å². The third-order valence-electron chi connectivity index (χ3n) is 3.02. The van der Waals surface area contributed by atoms with Crippen molar-refractivity contribution in [2.75, 3.05) is 13.1 Å². The second-order valence-corrected chi connectivity index (χ2v) is 8.50. The topological polar surface area (TPSA) is 50.3 Å². The van der Waals surface area contributed by atoms with Crippen molar-refractivity contribution in [3.05, 3.63) is 18.3 Å². The highest BCUT2D eigenvalue weighted by Gasteiger charge is 2.26. The Balaban J connectivity index is 2.16. The molecule has 0 aromatic carbocycles. The van der Waals surface area contributed by atoms with Crippen LogP contribution in [0.4, 0.5) is 0 Å². The van der Waals surface area contributed by atoms with Crippen LogP contribution in [0.1, 0.15) is 33.1 Å². The van der Waals surface area contributed by atoms with Gasteiger partial charge in [0.1, 0.15) is 4.90 Å². The fraction of sp³-hybridized carbons (Fsp3) is 0.615. The van der Waals surface area contributed by atoms with Crippen molar-refractivity contribution in [3.8, 4) is 0 Å². The second-order valence-electron chi connectivity index (χ2n) is 4.96. The van der Waals surface area contributed by atoms with Crippen molar-refractivity contribution in [1.82, 2.24) is 9.29 Å². The monoisotopic (exact) mass is 300 g/mol. The van der Waals surface area contributed by atoms with Crippen LogP contribution >= 0.6 is 11.8 Å². The predicted molar refractivity (Wildman–Crippen MR) is 77.8 cm³/mol. The molecule has 0 unspecified atom stereocenters. The van der Waals surface area contributed by atoms with E-state index in [0.29, 0.717) is 23.2 Å². The summed E-state index contributed by atoms with van der Waals surface area (Å²) < 4.78 is 26.4. The van der Waals surface area contributed by atoms with Crippen LogP contribution in [-0.4, -0.2) is 36.0 Å². The van der Waals surface area contributed by atoms with E-state index in [4.69, 9.17) is 0 Å². The predicted octanol–water partition coefficient (Wildman–Crippen LogP) is 2.76. The summed E-state index contributed by atoms with van der Waals surface area (Å²) in [4.78, 5) is 4.54. The minimum atomic E-state index is -3.35. The van der Waals surface area contributed by atoms with E-state index in [1.165, 1.54) is 6.20 Å². The number of hydrogen-bond acceptors (Lipinski definition) is 4. The van der Waals surface area contributed by atoms with Gasteiger partial charge in [0.15, 0.2) is 0 Å². The molecule has 1 aliphatic heterocycles. The molecule has 0 spiro atoms. The highest BCUT2D eigenvalue weighted by Crippen LogP contribution is 2.24. The molecule has 19 heavy (non-hydrogen) atoms. The number of sulfonamides is 1. The normalized spacial score (nSPS) is 17.8. The fourth-order valence-corrected chi connectivity index (χ4v) is 4.29. The van der Waals surface area contributed by atoms with Crippen molar-refractivity contribution in [2.24, 2.45) is 0 Å². The van der Waals surface area contributed by atoms with Crippen molar-refractivity contribution in [2.45, 2.75) is 48.3 Å². The van der Waals surface area contributed by atoms with Crippen molar-refractivity contribution in [3.63, 3.8) is 0 Å². The maximum Gasteiger partial charge on any atom is 0.244 e. The Hall–Kier alpha value is -0.590. The SMILES string of the molecule is CC(C)Sc1ccc(S(=O)(=O)N2CCCCC2)cn1. The Morgan fingerprint density at radius 3 is 2.42 bits per heavy atom. The number of piperidine rings is 1. The van der Waals surface area contributed by atoms with Gasteiger partial charge >= 0.3 is 0 Å². The molecule has 1 fully saturated rings. The molecular weight excluding hydrogens is 280 g/mol. The van der Waals surface area contributed by atoms with Crippen LogP contribution in [0.3, 0.4) is 0 Å². The van der Waals surface area contributed by atoms with Gasteiger partial charge in [-0.2, -0.15) is 4.31 Å². The first-order valence-corrected chi connectivity index (χ1v) is 8.95. The van der Waals surface area contributed by atoms with Crippen molar-refractivity contribution < 1.29 is 8.42 Å². The Morgan fingerprint density at radius 2 is 1.89 bits per heavy atom. The number of rotatable bonds is 4. The van der Waals surface area contributed by atoms with E-state index < -0.39 is 10.0 Å². The molecule has 4 nitrogen and oxygen atoms in total. The molecule has 1 aromatic heterocycles. The molecule has 106 valence electrons. The molecule has 0 amide bonds. The van der Waals surface area contributed by atoms with Gasteiger partial charge in [-0.3, -0.25) is 0 Å². The molecule has 0 bridgehead atoms. The lowest BCUT2D eigenvalue weighted by Crippen LogP contribution is -2.35. The largest absolute Gasteiger partial charge is 0.249 e. The summed E-state index contributed by atoms with van der Waals surface area (Å²) in [5.74, 6) is 0. The first-order valence-electron chi connectivity index (χ1n) is 6.63. The van der Waals surface area contributed by atoms with Crippen molar-refractivity contribution >= 4 is 21.8 Å². The first-order chi connectivity index (χ1) is 9.00. The molecule has 1 aromatic rings. The summed E-state index contributed by atoms with van der Waals surface area (Å²) in [5, 5.41) is 1.31. The highest BCUT2D eigenvalue weighted by atomic mass is 32.2. The summed E-state index contributed by atoms with van der Waals surface area (Å²) in [6.07, 6.45) is 4.50.